The number of benzene rings is 2. The Bertz CT molecular complexity index is 1050. The minimum absolute atomic E-state index is 0.208. The average Bonchev–Trinajstić information content (AvgIpc) is 3.45. The van der Waals surface area contributed by atoms with Gasteiger partial charge in [-0.15, -0.1) is 0 Å². The van der Waals surface area contributed by atoms with Gasteiger partial charge in [-0.1, -0.05) is 30.3 Å². The van der Waals surface area contributed by atoms with Crippen LogP contribution in [0.15, 0.2) is 89.8 Å². The number of imidazole rings is 1. The quantitative estimate of drug-likeness (QED) is 0.472. The van der Waals surface area contributed by atoms with Crippen LogP contribution in [0.1, 0.15) is 21.9 Å². The topological polar surface area (TPSA) is 60.5 Å². The first-order valence-corrected chi connectivity index (χ1v) is 9.28. The van der Waals surface area contributed by atoms with E-state index in [1.165, 1.54) is 6.26 Å². The van der Waals surface area contributed by atoms with Gasteiger partial charge in [0, 0.05) is 24.6 Å². The van der Waals surface area contributed by atoms with Crippen LogP contribution >= 0.6 is 0 Å². The molecule has 2 heterocycles. The number of anilines is 1. The Morgan fingerprint density at radius 2 is 1.86 bits per heavy atom. The predicted octanol–water partition coefficient (Wildman–Crippen LogP) is 4.38. The summed E-state index contributed by atoms with van der Waals surface area (Å²) in [5.74, 6) is 1.69. The summed E-state index contributed by atoms with van der Waals surface area (Å²) in [5, 5.41) is 0. The SMILES string of the molecule is COc1ccc(Cn2ccnc2CN(C(=O)c2ccco2)c2ccccc2)cc1. The molecule has 0 aliphatic rings. The van der Waals surface area contributed by atoms with Crippen molar-refractivity contribution in [2.24, 2.45) is 0 Å². The van der Waals surface area contributed by atoms with Crippen LogP contribution in [0, 0.1) is 0 Å². The zero-order chi connectivity index (χ0) is 20.1. The molecule has 2 aromatic carbocycles. The standard InChI is InChI=1S/C23H21N3O3/c1-28-20-11-9-18(10-12-20)16-25-14-13-24-22(25)17-26(19-6-3-2-4-7-19)23(27)21-8-5-15-29-21/h2-15H,16-17H2,1H3. The minimum atomic E-state index is -0.208. The maximum absolute atomic E-state index is 13.1. The Labute approximate surface area is 169 Å². The van der Waals surface area contributed by atoms with Gasteiger partial charge in [-0.25, -0.2) is 4.98 Å². The number of hydrogen-bond donors (Lipinski definition) is 0. The molecule has 0 aliphatic carbocycles. The van der Waals surface area contributed by atoms with Gasteiger partial charge in [0.05, 0.1) is 19.9 Å². The number of hydrogen-bond acceptors (Lipinski definition) is 4. The third-order valence-electron chi connectivity index (χ3n) is 4.66. The molecular weight excluding hydrogens is 366 g/mol. The molecule has 4 aromatic rings. The molecular formula is C23H21N3O3. The maximum atomic E-state index is 13.1. The van der Waals surface area contributed by atoms with Crippen LogP contribution in [0.5, 0.6) is 5.75 Å². The molecule has 0 saturated carbocycles. The first-order valence-electron chi connectivity index (χ1n) is 9.28. The summed E-state index contributed by atoms with van der Waals surface area (Å²) in [5.41, 5.74) is 1.90. The molecule has 6 heteroatoms. The summed E-state index contributed by atoms with van der Waals surface area (Å²) in [6.45, 7) is 0.976. The summed E-state index contributed by atoms with van der Waals surface area (Å²) in [6.07, 6.45) is 5.17. The van der Waals surface area contributed by atoms with Crippen molar-refractivity contribution in [3.8, 4) is 5.75 Å². The van der Waals surface area contributed by atoms with Crippen LogP contribution in [-0.4, -0.2) is 22.6 Å². The van der Waals surface area contributed by atoms with Crippen molar-refractivity contribution in [2.45, 2.75) is 13.1 Å². The van der Waals surface area contributed by atoms with Crippen molar-refractivity contribution in [1.29, 1.82) is 0 Å². The van der Waals surface area contributed by atoms with Gasteiger partial charge < -0.3 is 13.7 Å². The van der Waals surface area contributed by atoms with E-state index in [4.69, 9.17) is 9.15 Å². The number of methoxy groups -OCH3 is 1. The van der Waals surface area contributed by atoms with Crippen molar-refractivity contribution >= 4 is 11.6 Å². The van der Waals surface area contributed by atoms with E-state index < -0.39 is 0 Å². The zero-order valence-corrected chi connectivity index (χ0v) is 16.1. The second-order valence-corrected chi connectivity index (χ2v) is 6.52. The van der Waals surface area contributed by atoms with E-state index in [9.17, 15) is 4.79 Å². The molecule has 0 unspecified atom stereocenters. The van der Waals surface area contributed by atoms with Gasteiger partial charge in [0.25, 0.3) is 5.91 Å². The molecule has 29 heavy (non-hydrogen) atoms. The van der Waals surface area contributed by atoms with Crippen LogP contribution in [0.4, 0.5) is 5.69 Å². The highest BCUT2D eigenvalue weighted by Crippen LogP contribution is 2.20. The third kappa shape index (κ3) is 4.21. The lowest BCUT2D eigenvalue weighted by molar-refractivity contribution is 0.0957. The number of carbonyl (C=O) groups excluding carboxylic acids is 1. The van der Waals surface area contributed by atoms with Gasteiger partial charge >= 0.3 is 0 Å². The normalized spacial score (nSPS) is 10.7. The number of aromatic nitrogens is 2. The fourth-order valence-electron chi connectivity index (χ4n) is 3.13. The molecule has 146 valence electrons. The number of ether oxygens (including phenoxy) is 1. The van der Waals surface area contributed by atoms with Gasteiger partial charge in [-0.2, -0.15) is 0 Å². The first-order chi connectivity index (χ1) is 14.2. The lowest BCUT2D eigenvalue weighted by Crippen LogP contribution is -2.31. The van der Waals surface area contributed by atoms with Crippen molar-refractivity contribution in [3.63, 3.8) is 0 Å². The highest BCUT2D eigenvalue weighted by atomic mass is 16.5. The molecule has 0 bridgehead atoms. The van der Waals surface area contributed by atoms with Crippen LogP contribution in [-0.2, 0) is 13.1 Å². The summed E-state index contributed by atoms with van der Waals surface area (Å²) >= 11 is 0. The van der Waals surface area contributed by atoms with E-state index >= 15 is 0 Å². The van der Waals surface area contributed by atoms with E-state index in [-0.39, 0.29) is 5.91 Å². The van der Waals surface area contributed by atoms with Crippen LogP contribution < -0.4 is 9.64 Å². The Hall–Kier alpha value is -3.80. The summed E-state index contributed by atoms with van der Waals surface area (Å²) < 4.78 is 12.6. The van der Waals surface area contributed by atoms with Gasteiger partial charge in [0.15, 0.2) is 5.76 Å². The molecule has 6 nitrogen and oxygen atoms in total. The van der Waals surface area contributed by atoms with E-state index in [2.05, 4.69) is 4.98 Å². The van der Waals surface area contributed by atoms with Crippen LogP contribution in [0.2, 0.25) is 0 Å². The number of para-hydroxylation sites is 1. The number of amides is 1. The fraction of sp³-hybridized carbons (Fsp3) is 0.130. The second-order valence-electron chi connectivity index (χ2n) is 6.52. The summed E-state index contributed by atoms with van der Waals surface area (Å²) in [7, 11) is 1.65. The Kier molecular flexibility index (Phi) is 5.42. The number of nitrogens with zero attached hydrogens (tertiary/aromatic N) is 3. The molecule has 0 fully saturated rings. The van der Waals surface area contributed by atoms with Gasteiger partial charge in [0.1, 0.15) is 11.6 Å². The smallest absolute Gasteiger partial charge is 0.294 e. The lowest BCUT2D eigenvalue weighted by Gasteiger charge is -2.22. The molecule has 0 aliphatic heterocycles. The molecule has 4 rings (SSSR count). The van der Waals surface area contributed by atoms with Crippen molar-refractivity contribution < 1.29 is 13.9 Å². The molecule has 0 spiro atoms. The zero-order valence-electron chi connectivity index (χ0n) is 16.1. The Morgan fingerprint density at radius 3 is 2.55 bits per heavy atom. The van der Waals surface area contributed by atoms with E-state index in [1.54, 1.807) is 30.3 Å². The van der Waals surface area contributed by atoms with E-state index in [0.717, 1.165) is 22.8 Å². The maximum Gasteiger partial charge on any atom is 0.294 e. The number of furan rings is 1. The largest absolute Gasteiger partial charge is 0.497 e. The van der Waals surface area contributed by atoms with Crippen LogP contribution in [0.3, 0.4) is 0 Å². The summed E-state index contributed by atoms with van der Waals surface area (Å²) in [4.78, 5) is 19.2. The van der Waals surface area contributed by atoms with E-state index in [0.29, 0.717) is 18.8 Å². The van der Waals surface area contributed by atoms with Crippen molar-refractivity contribution in [2.75, 3.05) is 12.0 Å². The number of rotatable bonds is 7. The molecule has 2 aromatic heterocycles. The second kappa shape index (κ2) is 8.48. The number of carbonyl (C=O) groups is 1. The first kappa shape index (κ1) is 18.6. The summed E-state index contributed by atoms with van der Waals surface area (Å²) in [6, 6.07) is 20.8. The third-order valence-corrected chi connectivity index (χ3v) is 4.66. The highest BCUT2D eigenvalue weighted by molar-refractivity contribution is 6.04. The fourth-order valence-corrected chi connectivity index (χ4v) is 3.13. The average molecular weight is 387 g/mol. The Morgan fingerprint density at radius 1 is 1.07 bits per heavy atom. The molecule has 1 amide bonds. The van der Waals surface area contributed by atoms with Crippen molar-refractivity contribution in [1.82, 2.24) is 9.55 Å². The van der Waals surface area contributed by atoms with Gasteiger partial charge in [-0.05, 0) is 42.0 Å². The molecule has 0 radical (unpaired) electrons. The van der Waals surface area contributed by atoms with Gasteiger partial charge in [-0.3, -0.25) is 9.69 Å². The predicted molar refractivity (Wildman–Crippen MR) is 110 cm³/mol. The molecule has 0 saturated heterocycles. The van der Waals surface area contributed by atoms with Gasteiger partial charge in [0.2, 0.25) is 0 Å². The minimum Gasteiger partial charge on any atom is -0.497 e. The Balaban J connectivity index is 1.60. The molecule has 0 atom stereocenters. The monoisotopic (exact) mass is 387 g/mol. The van der Waals surface area contributed by atoms with Crippen molar-refractivity contribution in [3.05, 3.63) is 103 Å². The van der Waals surface area contributed by atoms with Crippen LogP contribution in [0.25, 0.3) is 0 Å². The lowest BCUT2D eigenvalue weighted by atomic mass is 10.2. The molecule has 0 N–H and O–H groups in total. The van der Waals surface area contributed by atoms with E-state index in [1.807, 2.05) is 65.4 Å². The highest BCUT2D eigenvalue weighted by Gasteiger charge is 2.22.